The van der Waals surface area contributed by atoms with E-state index in [0.717, 1.165) is 0 Å². The Kier molecular flexibility index (Phi) is 4.29. The van der Waals surface area contributed by atoms with E-state index in [1.54, 1.807) is 32.3 Å². The second-order valence-electron chi connectivity index (χ2n) is 5.36. The molecular weight excluding hydrogens is 324 g/mol. The van der Waals surface area contributed by atoms with Crippen LogP contribution in [0.15, 0.2) is 40.0 Å². The van der Waals surface area contributed by atoms with Crippen molar-refractivity contribution in [2.75, 3.05) is 5.73 Å². The van der Waals surface area contributed by atoms with Crippen LogP contribution in [0.2, 0.25) is 0 Å². The van der Waals surface area contributed by atoms with Gasteiger partial charge in [0.2, 0.25) is 5.89 Å². The summed E-state index contributed by atoms with van der Waals surface area (Å²) in [4.78, 5) is 36.6. The summed E-state index contributed by atoms with van der Waals surface area (Å²) in [5, 5.41) is 2.63. The Morgan fingerprint density at radius 2 is 2.20 bits per heavy atom. The van der Waals surface area contributed by atoms with Gasteiger partial charge in [-0.05, 0) is 13.0 Å². The second kappa shape index (κ2) is 6.56. The molecule has 0 spiro atoms. The molecule has 9 nitrogen and oxygen atoms in total. The predicted octanol–water partition coefficient (Wildman–Crippen LogP) is 0.651. The molecule has 0 saturated heterocycles. The Morgan fingerprint density at radius 3 is 2.92 bits per heavy atom. The fourth-order valence-electron chi connectivity index (χ4n) is 2.29. The van der Waals surface area contributed by atoms with Gasteiger partial charge >= 0.3 is 0 Å². The third-order valence-corrected chi connectivity index (χ3v) is 3.59. The number of rotatable bonds is 4. The number of nitrogens with two attached hydrogens (primary N) is 1. The van der Waals surface area contributed by atoms with Crippen molar-refractivity contribution in [3.63, 3.8) is 0 Å². The lowest BCUT2D eigenvalue weighted by molar-refractivity contribution is 0.0946. The first kappa shape index (κ1) is 16.4. The largest absolute Gasteiger partial charge is 0.443 e. The van der Waals surface area contributed by atoms with E-state index in [0.29, 0.717) is 17.0 Å². The predicted molar refractivity (Wildman–Crippen MR) is 89.5 cm³/mol. The van der Waals surface area contributed by atoms with E-state index in [2.05, 4.69) is 20.3 Å². The van der Waals surface area contributed by atoms with Gasteiger partial charge < -0.3 is 20.0 Å². The molecular formula is C16H16N6O3. The highest BCUT2D eigenvalue weighted by molar-refractivity contribution is 5.96. The average Bonchev–Trinajstić information content (AvgIpc) is 3.12. The number of carbonyl (C=O) groups excluding carboxylic acids is 1. The van der Waals surface area contributed by atoms with Crippen molar-refractivity contribution in [2.24, 2.45) is 7.05 Å². The van der Waals surface area contributed by atoms with Crippen LogP contribution in [0.4, 0.5) is 5.82 Å². The molecule has 0 aliphatic carbocycles. The number of anilines is 1. The molecule has 3 heterocycles. The number of aromatic nitrogens is 4. The number of aryl methyl sites for hydroxylation is 2. The number of nitrogens with zero attached hydrogens (tertiary/aromatic N) is 4. The first-order valence-electron chi connectivity index (χ1n) is 7.44. The second-order valence-corrected chi connectivity index (χ2v) is 5.36. The summed E-state index contributed by atoms with van der Waals surface area (Å²) in [5.41, 5.74) is 6.94. The third kappa shape index (κ3) is 3.25. The average molecular weight is 340 g/mol. The minimum absolute atomic E-state index is 0.0134. The minimum atomic E-state index is -0.516. The van der Waals surface area contributed by atoms with Gasteiger partial charge in [-0.3, -0.25) is 9.59 Å². The van der Waals surface area contributed by atoms with Crippen molar-refractivity contribution >= 4 is 11.7 Å². The third-order valence-electron chi connectivity index (χ3n) is 3.59. The highest BCUT2D eigenvalue weighted by Gasteiger charge is 2.18. The Labute approximate surface area is 142 Å². The van der Waals surface area contributed by atoms with E-state index < -0.39 is 5.91 Å². The molecule has 128 valence electrons. The Balaban J connectivity index is 1.82. The zero-order chi connectivity index (χ0) is 18.0. The van der Waals surface area contributed by atoms with Crippen molar-refractivity contribution in [3.05, 3.63) is 58.1 Å². The van der Waals surface area contributed by atoms with Crippen molar-refractivity contribution in [3.8, 4) is 11.6 Å². The molecule has 0 aliphatic heterocycles. The summed E-state index contributed by atoms with van der Waals surface area (Å²) < 4.78 is 6.61. The first-order valence-corrected chi connectivity index (χ1v) is 7.44. The molecule has 25 heavy (non-hydrogen) atoms. The Hall–Kier alpha value is -3.49. The highest BCUT2D eigenvalue weighted by atomic mass is 16.3. The lowest BCUT2D eigenvalue weighted by atomic mass is 10.2. The van der Waals surface area contributed by atoms with Gasteiger partial charge in [-0.2, -0.15) is 0 Å². The standard InChI is InChI=1S/C16H16N6O3/c1-9-11(15-18-5-7-25-15)21-13(17)12(20-9)14(23)19-8-10-4-3-6-22(2)16(10)24/h3-7H,8H2,1-2H3,(H2,17,21)(H,19,23). The SMILES string of the molecule is Cc1nc(C(=O)NCc2cccn(C)c2=O)c(N)nc1-c1ncco1. The van der Waals surface area contributed by atoms with Gasteiger partial charge in [0.05, 0.1) is 11.9 Å². The summed E-state index contributed by atoms with van der Waals surface area (Å²) in [6.07, 6.45) is 4.53. The van der Waals surface area contributed by atoms with E-state index in [9.17, 15) is 9.59 Å². The Bertz CT molecular complexity index is 978. The molecule has 0 fully saturated rings. The topological polar surface area (TPSA) is 129 Å². The van der Waals surface area contributed by atoms with Gasteiger partial charge in [0, 0.05) is 25.4 Å². The van der Waals surface area contributed by atoms with E-state index in [1.807, 2.05) is 0 Å². The van der Waals surface area contributed by atoms with Crippen molar-refractivity contribution in [2.45, 2.75) is 13.5 Å². The van der Waals surface area contributed by atoms with Crippen LogP contribution in [-0.2, 0) is 13.6 Å². The number of amides is 1. The molecule has 3 aromatic rings. The molecule has 0 aromatic carbocycles. The van der Waals surface area contributed by atoms with E-state index in [-0.39, 0.29) is 29.5 Å². The number of nitrogens with one attached hydrogen (secondary N) is 1. The molecule has 0 bridgehead atoms. The molecule has 0 unspecified atom stereocenters. The monoisotopic (exact) mass is 340 g/mol. The molecule has 3 aromatic heterocycles. The minimum Gasteiger partial charge on any atom is -0.443 e. The molecule has 0 aliphatic rings. The van der Waals surface area contributed by atoms with Gasteiger partial charge in [0.25, 0.3) is 11.5 Å². The summed E-state index contributed by atoms with van der Waals surface area (Å²) in [6, 6.07) is 3.38. The normalized spacial score (nSPS) is 10.6. The summed E-state index contributed by atoms with van der Waals surface area (Å²) in [6.45, 7) is 1.74. The Morgan fingerprint density at radius 1 is 1.40 bits per heavy atom. The fraction of sp³-hybridized carbons (Fsp3) is 0.188. The van der Waals surface area contributed by atoms with Crippen LogP contribution in [0.3, 0.4) is 0 Å². The maximum Gasteiger partial charge on any atom is 0.274 e. The highest BCUT2D eigenvalue weighted by Crippen LogP contribution is 2.20. The van der Waals surface area contributed by atoms with Crippen molar-refractivity contribution < 1.29 is 9.21 Å². The molecule has 3 rings (SSSR count). The van der Waals surface area contributed by atoms with Crippen molar-refractivity contribution in [1.82, 2.24) is 24.8 Å². The van der Waals surface area contributed by atoms with Crippen LogP contribution in [0, 0.1) is 6.92 Å². The van der Waals surface area contributed by atoms with Crippen LogP contribution in [0.1, 0.15) is 21.7 Å². The van der Waals surface area contributed by atoms with Crippen LogP contribution >= 0.6 is 0 Å². The summed E-state index contributed by atoms with van der Waals surface area (Å²) in [7, 11) is 1.64. The molecule has 3 N–H and O–H groups in total. The zero-order valence-corrected chi connectivity index (χ0v) is 13.7. The molecule has 0 radical (unpaired) electrons. The number of carbonyl (C=O) groups is 1. The van der Waals surface area contributed by atoms with Crippen LogP contribution < -0.4 is 16.6 Å². The van der Waals surface area contributed by atoms with Crippen molar-refractivity contribution in [1.29, 1.82) is 0 Å². The van der Waals surface area contributed by atoms with E-state index in [4.69, 9.17) is 10.2 Å². The molecule has 0 atom stereocenters. The smallest absolute Gasteiger partial charge is 0.274 e. The number of nitrogen functional groups attached to an aromatic ring is 1. The van der Waals surface area contributed by atoms with Gasteiger partial charge in [0.1, 0.15) is 12.0 Å². The fourth-order valence-corrected chi connectivity index (χ4v) is 2.29. The summed E-state index contributed by atoms with van der Waals surface area (Å²) >= 11 is 0. The maximum absolute atomic E-state index is 12.3. The number of pyridine rings is 1. The maximum atomic E-state index is 12.3. The lowest BCUT2D eigenvalue weighted by Crippen LogP contribution is -2.30. The quantitative estimate of drug-likeness (QED) is 0.713. The number of hydrogen-bond donors (Lipinski definition) is 2. The number of oxazole rings is 1. The van der Waals surface area contributed by atoms with Gasteiger partial charge in [-0.1, -0.05) is 6.07 Å². The molecule has 0 saturated carbocycles. The molecule has 1 amide bonds. The van der Waals surface area contributed by atoms with E-state index >= 15 is 0 Å². The molecule has 9 heteroatoms. The van der Waals surface area contributed by atoms with Gasteiger partial charge in [0.15, 0.2) is 11.5 Å². The lowest BCUT2D eigenvalue weighted by Gasteiger charge is -2.09. The van der Waals surface area contributed by atoms with E-state index in [1.165, 1.54) is 17.0 Å². The van der Waals surface area contributed by atoms with Crippen LogP contribution in [-0.4, -0.2) is 25.4 Å². The summed E-state index contributed by atoms with van der Waals surface area (Å²) in [5.74, 6) is -0.285. The first-order chi connectivity index (χ1) is 12.0. The van der Waals surface area contributed by atoms with Crippen LogP contribution in [0.25, 0.3) is 11.6 Å². The zero-order valence-electron chi connectivity index (χ0n) is 13.7. The van der Waals surface area contributed by atoms with Crippen LogP contribution in [0.5, 0.6) is 0 Å². The van der Waals surface area contributed by atoms with Gasteiger partial charge in [-0.15, -0.1) is 0 Å². The van der Waals surface area contributed by atoms with Gasteiger partial charge in [-0.25, -0.2) is 15.0 Å². The number of hydrogen-bond acceptors (Lipinski definition) is 7.